The molecule has 1 N–H and O–H groups in total. The molecule has 5 heteroatoms. The van der Waals surface area contributed by atoms with Crippen LogP contribution in [0.25, 0.3) is 6.08 Å². The molecular formula is C21H23NO4. The van der Waals surface area contributed by atoms with Gasteiger partial charge in [0, 0.05) is 29.7 Å². The van der Waals surface area contributed by atoms with Crippen molar-refractivity contribution in [2.45, 2.75) is 19.4 Å². The highest BCUT2D eigenvalue weighted by atomic mass is 16.5. The second-order valence-electron chi connectivity index (χ2n) is 6.18. The molecule has 0 fully saturated rings. The Labute approximate surface area is 153 Å². The maximum absolute atomic E-state index is 12.4. The number of fused-ring (bicyclic) bond motifs is 1. The quantitative estimate of drug-likeness (QED) is 0.834. The number of ether oxygens (including phenoxy) is 3. The van der Waals surface area contributed by atoms with E-state index in [4.69, 9.17) is 14.2 Å². The molecule has 0 aliphatic carbocycles. The Morgan fingerprint density at radius 3 is 2.81 bits per heavy atom. The lowest BCUT2D eigenvalue weighted by Crippen LogP contribution is -2.31. The second-order valence-corrected chi connectivity index (χ2v) is 6.18. The summed E-state index contributed by atoms with van der Waals surface area (Å²) in [5.41, 5.74) is 2.98. The lowest BCUT2D eigenvalue weighted by molar-refractivity contribution is -0.117. The van der Waals surface area contributed by atoms with Gasteiger partial charge in [-0.05, 0) is 31.2 Å². The molecule has 2 aromatic rings. The van der Waals surface area contributed by atoms with Gasteiger partial charge >= 0.3 is 0 Å². The van der Waals surface area contributed by atoms with Crippen LogP contribution in [0.3, 0.4) is 0 Å². The standard InChI is InChI=1S/C21H23NO4/c1-14-4-8-19-17(12-14)18(10-11-26-19)22-21(23)9-6-15-5-7-16(24-2)13-20(15)25-3/h4-9,12-13,18H,10-11H2,1-3H3,(H,22,23)/b9-6+. The molecule has 2 aromatic carbocycles. The lowest BCUT2D eigenvalue weighted by Gasteiger charge is -2.26. The molecule has 0 bridgehead atoms. The average molecular weight is 353 g/mol. The molecule has 1 unspecified atom stereocenters. The molecule has 1 amide bonds. The maximum atomic E-state index is 12.4. The van der Waals surface area contributed by atoms with Crippen LogP contribution in [0.4, 0.5) is 0 Å². The summed E-state index contributed by atoms with van der Waals surface area (Å²) in [7, 11) is 3.19. The number of methoxy groups -OCH3 is 2. The molecule has 1 aliphatic rings. The fourth-order valence-corrected chi connectivity index (χ4v) is 3.01. The first-order valence-electron chi connectivity index (χ1n) is 8.54. The van der Waals surface area contributed by atoms with Gasteiger partial charge in [-0.15, -0.1) is 0 Å². The third kappa shape index (κ3) is 3.99. The molecule has 1 aliphatic heterocycles. The van der Waals surface area contributed by atoms with E-state index in [2.05, 4.69) is 11.4 Å². The van der Waals surface area contributed by atoms with Gasteiger partial charge in [-0.25, -0.2) is 0 Å². The van der Waals surface area contributed by atoms with Gasteiger partial charge < -0.3 is 19.5 Å². The van der Waals surface area contributed by atoms with E-state index in [1.807, 2.05) is 31.2 Å². The van der Waals surface area contributed by atoms with E-state index in [1.165, 1.54) is 6.08 Å². The monoisotopic (exact) mass is 353 g/mol. The summed E-state index contributed by atoms with van der Waals surface area (Å²) in [6.07, 6.45) is 4.02. The fraction of sp³-hybridized carbons (Fsp3) is 0.286. The molecule has 136 valence electrons. The highest BCUT2D eigenvalue weighted by molar-refractivity contribution is 5.92. The van der Waals surface area contributed by atoms with Crippen molar-refractivity contribution in [3.8, 4) is 17.2 Å². The van der Waals surface area contributed by atoms with Crippen LogP contribution in [0.2, 0.25) is 0 Å². The van der Waals surface area contributed by atoms with Gasteiger partial charge in [0.25, 0.3) is 0 Å². The number of nitrogens with one attached hydrogen (secondary N) is 1. The molecule has 26 heavy (non-hydrogen) atoms. The van der Waals surface area contributed by atoms with Gasteiger partial charge in [-0.2, -0.15) is 0 Å². The fourth-order valence-electron chi connectivity index (χ4n) is 3.01. The van der Waals surface area contributed by atoms with Crippen molar-refractivity contribution in [1.82, 2.24) is 5.32 Å². The van der Waals surface area contributed by atoms with Gasteiger partial charge in [0.15, 0.2) is 0 Å². The van der Waals surface area contributed by atoms with Crippen LogP contribution in [0, 0.1) is 6.92 Å². The molecule has 3 rings (SSSR count). The predicted molar refractivity (Wildman–Crippen MR) is 101 cm³/mol. The molecule has 0 radical (unpaired) electrons. The first-order chi connectivity index (χ1) is 12.6. The number of carbonyl (C=O) groups is 1. The highest BCUT2D eigenvalue weighted by Gasteiger charge is 2.22. The Kier molecular flexibility index (Phi) is 5.46. The Morgan fingerprint density at radius 1 is 1.19 bits per heavy atom. The Morgan fingerprint density at radius 2 is 2.04 bits per heavy atom. The van der Waals surface area contributed by atoms with Gasteiger partial charge in [0.05, 0.1) is 26.9 Å². The van der Waals surface area contributed by atoms with E-state index >= 15 is 0 Å². The van der Waals surface area contributed by atoms with E-state index in [-0.39, 0.29) is 11.9 Å². The molecule has 1 heterocycles. The number of rotatable bonds is 5. The first-order valence-corrected chi connectivity index (χ1v) is 8.54. The minimum Gasteiger partial charge on any atom is -0.497 e. The van der Waals surface area contributed by atoms with E-state index in [9.17, 15) is 4.79 Å². The maximum Gasteiger partial charge on any atom is 0.244 e. The van der Waals surface area contributed by atoms with Gasteiger partial charge in [-0.3, -0.25) is 4.79 Å². The SMILES string of the molecule is COc1ccc(/C=C/C(=O)NC2CCOc3ccc(C)cc32)c(OC)c1. The predicted octanol–water partition coefficient (Wildman–Crippen LogP) is 3.67. The minimum atomic E-state index is -0.151. The van der Waals surface area contributed by atoms with Crippen molar-refractivity contribution in [2.75, 3.05) is 20.8 Å². The molecular weight excluding hydrogens is 330 g/mol. The summed E-state index contributed by atoms with van der Waals surface area (Å²) >= 11 is 0. The van der Waals surface area contributed by atoms with E-state index in [0.717, 1.165) is 28.9 Å². The number of hydrogen-bond donors (Lipinski definition) is 1. The zero-order valence-corrected chi connectivity index (χ0v) is 15.2. The van der Waals surface area contributed by atoms with Crippen molar-refractivity contribution in [2.24, 2.45) is 0 Å². The minimum absolute atomic E-state index is 0.0476. The number of amides is 1. The zero-order chi connectivity index (χ0) is 18.5. The topological polar surface area (TPSA) is 56.8 Å². The first kappa shape index (κ1) is 17.9. The zero-order valence-electron chi connectivity index (χ0n) is 15.2. The number of benzene rings is 2. The van der Waals surface area contributed by atoms with E-state index in [0.29, 0.717) is 18.1 Å². The summed E-state index contributed by atoms with van der Waals surface area (Å²) in [6.45, 7) is 2.63. The van der Waals surface area contributed by atoms with Gasteiger partial charge in [0.2, 0.25) is 5.91 Å². The number of hydrogen-bond acceptors (Lipinski definition) is 4. The van der Waals surface area contributed by atoms with E-state index < -0.39 is 0 Å². The van der Waals surface area contributed by atoms with Crippen molar-refractivity contribution in [3.63, 3.8) is 0 Å². The van der Waals surface area contributed by atoms with Crippen LogP contribution in [-0.2, 0) is 4.79 Å². The van der Waals surface area contributed by atoms with Crippen molar-refractivity contribution < 1.29 is 19.0 Å². The van der Waals surface area contributed by atoms with Crippen LogP contribution in [-0.4, -0.2) is 26.7 Å². The largest absolute Gasteiger partial charge is 0.497 e. The molecule has 0 spiro atoms. The normalized spacial score (nSPS) is 15.9. The van der Waals surface area contributed by atoms with Crippen LogP contribution in [0.1, 0.15) is 29.2 Å². The van der Waals surface area contributed by atoms with Crippen LogP contribution in [0.5, 0.6) is 17.2 Å². The third-order valence-corrected chi connectivity index (χ3v) is 4.38. The van der Waals surface area contributed by atoms with Gasteiger partial charge in [0.1, 0.15) is 17.2 Å². The van der Waals surface area contributed by atoms with Crippen molar-refractivity contribution in [1.29, 1.82) is 0 Å². The summed E-state index contributed by atoms with van der Waals surface area (Å²) in [6, 6.07) is 11.5. The van der Waals surface area contributed by atoms with E-state index in [1.54, 1.807) is 26.4 Å². The Balaban J connectivity index is 1.72. The molecule has 0 saturated heterocycles. The lowest BCUT2D eigenvalue weighted by atomic mass is 9.98. The highest BCUT2D eigenvalue weighted by Crippen LogP contribution is 2.32. The number of aryl methyl sites for hydroxylation is 1. The summed E-state index contributed by atoms with van der Waals surface area (Å²) in [4.78, 5) is 12.4. The Bertz CT molecular complexity index is 829. The third-order valence-electron chi connectivity index (χ3n) is 4.38. The van der Waals surface area contributed by atoms with Crippen LogP contribution < -0.4 is 19.5 Å². The van der Waals surface area contributed by atoms with Gasteiger partial charge in [-0.1, -0.05) is 17.7 Å². The second kappa shape index (κ2) is 7.95. The van der Waals surface area contributed by atoms with Crippen molar-refractivity contribution in [3.05, 3.63) is 59.2 Å². The number of carbonyl (C=O) groups excluding carboxylic acids is 1. The average Bonchev–Trinajstić information content (AvgIpc) is 2.66. The molecule has 1 atom stereocenters. The summed E-state index contributed by atoms with van der Waals surface area (Å²) < 4.78 is 16.2. The smallest absolute Gasteiger partial charge is 0.244 e. The van der Waals surface area contributed by atoms with Crippen LogP contribution in [0.15, 0.2) is 42.5 Å². The summed E-state index contributed by atoms with van der Waals surface area (Å²) in [5, 5.41) is 3.06. The summed E-state index contributed by atoms with van der Waals surface area (Å²) in [5.74, 6) is 2.05. The molecule has 0 saturated carbocycles. The molecule has 0 aromatic heterocycles. The van der Waals surface area contributed by atoms with Crippen LogP contribution >= 0.6 is 0 Å². The van der Waals surface area contributed by atoms with Crippen molar-refractivity contribution >= 4 is 12.0 Å². The molecule has 5 nitrogen and oxygen atoms in total. The Hall–Kier alpha value is -2.95.